The normalized spacial score (nSPS) is 13.9. The van der Waals surface area contributed by atoms with Crippen LogP contribution >= 0.6 is 0 Å². The van der Waals surface area contributed by atoms with E-state index in [1.54, 1.807) is 14.2 Å². The Hall–Kier alpha value is -4.24. The van der Waals surface area contributed by atoms with E-state index in [0.29, 0.717) is 18.2 Å². The zero-order valence-corrected chi connectivity index (χ0v) is 21.2. The molecule has 9 nitrogen and oxygen atoms in total. The average Bonchev–Trinajstić information content (AvgIpc) is 3.53. The largest absolute Gasteiger partial charge is 0.491 e. The number of pyridine rings is 2. The van der Waals surface area contributed by atoms with Gasteiger partial charge in [0.25, 0.3) is 5.88 Å². The number of anilines is 2. The van der Waals surface area contributed by atoms with Crippen LogP contribution in [0.25, 0.3) is 33.3 Å². The first kappa shape index (κ1) is 23.2. The molecule has 0 spiro atoms. The molecule has 0 amide bonds. The minimum atomic E-state index is 0.459. The highest BCUT2D eigenvalue weighted by atomic mass is 16.5. The lowest BCUT2D eigenvalue weighted by Gasteiger charge is -2.28. The Morgan fingerprint density at radius 1 is 1.05 bits per heavy atom. The summed E-state index contributed by atoms with van der Waals surface area (Å²) in [4.78, 5) is 15.2. The lowest BCUT2D eigenvalue weighted by atomic mass is 10.1. The predicted molar refractivity (Wildman–Crippen MR) is 146 cm³/mol. The molecule has 37 heavy (non-hydrogen) atoms. The number of rotatable bonds is 7. The van der Waals surface area contributed by atoms with E-state index in [2.05, 4.69) is 62.8 Å². The molecule has 5 aromatic rings. The van der Waals surface area contributed by atoms with Gasteiger partial charge in [0.2, 0.25) is 0 Å². The Bertz CT molecular complexity index is 1550. The van der Waals surface area contributed by atoms with Crippen molar-refractivity contribution in [2.45, 2.75) is 6.54 Å². The SMILES string of the molecule is COc1cc2c(nc1OC)c(-c1cc3c(CNc4ccc(N5CCOCC5)cc4)ccnc3[nH]1)cn2C. The Balaban J connectivity index is 1.27. The number of aromatic amines is 1. The zero-order valence-electron chi connectivity index (χ0n) is 21.2. The lowest BCUT2D eigenvalue weighted by Crippen LogP contribution is -2.36. The van der Waals surface area contributed by atoms with Crippen molar-refractivity contribution in [3.05, 3.63) is 60.4 Å². The lowest BCUT2D eigenvalue weighted by molar-refractivity contribution is 0.122. The maximum Gasteiger partial charge on any atom is 0.257 e. The highest BCUT2D eigenvalue weighted by molar-refractivity contribution is 5.96. The molecule has 5 heterocycles. The van der Waals surface area contributed by atoms with Crippen LogP contribution in [0.15, 0.2) is 54.9 Å². The summed E-state index contributed by atoms with van der Waals surface area (Å²) in [6, 6.07) is 14.8. The number of benzene rings is 1. The summed E-state index contributed by atoms with van der Waals surface area (Å²) in [6.45, 7) is 4.13. The molecule has 9 heteroatoms. The third kappa shape index (κ3) is 4.31. The number of methoxy groups -OCH3 is 2. The quantitative estimate of drug-likeness (QED) is 0.339. The van der Waals surface area contributed by atoms with Gasteiger partial charge >= 0.3 is 0 Å². The number of H-pyrrole nitrogens is 1. The fraction of sp³-hybridized carbons (Fsp3) is 0.286. The van der Waals surface area contributed by atoms with Crippen LogP contribution in [-0.2, 0) is 18.3 Å². The first-order chi connectivity index (χ1) is 18.1. The molecular formula is C28H30N6O3. The molecule has 1 aromatic carbocycles. The third-order valence-electron chi connectivity index (χ3n) is 6.94. The summed E-state index contributed by atoms with van der Waals surface area (Å²) < 4.78 is 18.4. The summed E-state index contributed by atoms with van der Waals surface area (Å²) in [5.74, 6) is 1.06. The van der Waals surface area contributed by atoms with Crippen LogP contribution in [0.4, 0.5) is 11.4 Å². The van der Waals surface area contributed by atoms with E-state index in [9.17, 15) is 0 Å². The molecule has 1 fully saturated rings. The Morgan fingerprint density at radius 3 is 2.62 bits per heavy atom. The van der Waals surface area contributed by atoms with Crippen molar-refractivity contribution in [1.29, 1.82) is 0 Å². The van der Waals surface area contributed by atoms with Gasteiger partial charge < -0.3 is 34.0 Å². The predicted octanol–water partition coefficient (Wildman–Crippen LogP) is 4.58. The van der Waals surface area contributed by atoms with Crippen molar-refractivity contribution in [1.82, 2.24) is 19.5 Å². The highest BCUT2D eigenvalue weighted by Crippen LogP contribution is 2.36. The number of hydrogen-bond donors (Lipinski definition) is 2. The molecule has 0 unspecified atom stereocenters. The molecule has 4 aromatic heterocycles. The molecule has 0 atom stereocenters. The fourth-order valence-corrected chi connectivity index (χ4v) is 4.94. The van der Waals surface area contributed by atoms with E-state index in [-0.39, 0.29) is 0 Å². The monoisotopic (exact) mass is 498 g/mol. The van der Waals surface area contributed by atoms with E-state index in [1.807, 2.05) is 23.9 Å². The second-order valence-corrected chi connectivity index (χ2v) is 9.14. The maximum absolute atomic E-state index is 5.46. The van der Waals surface area contributed by atoms with E-state index in [0.717, 1.165) is 70.9 Å². The van der Waals surface area contributed by atoms with Crippen LogP contribution < -0.4 is 19.7 Å². The molecule has 2 N–H and O–H groups in total. The number of hydrogen-bond acceptors (Lipinski definition) is 7. The van der Waals surface area contributed by atoms with Gasteiger partial charge in [-0.3, -0.25) is 0 Å². The van der Waals surface area contributed by atoms with Crippen molar-refractivity contribution in [2.75, 3.05) is 50.7 Å². The summed E-state index contributed by atoms with van der Waals surface area (Å²) in [7, 11) is 5.22. The van der Waals surface area contributed by atoms with Gasteiger partial charge in [-0.2, -0.15) is 0 Å². The Kier molecular flexibility index (Phi) is 6.05. The van der Waals surface area contributed by atoms with Crippen LogP contribution in [0.1, 0.15) is 5.56 Å². The maximum atomic E-state index is 5.46. The van der Waals surface area contributed by atoms with Gasteiger partial charge in [-0.15, -0.1) is 0 Å². The number of nitrogens with one attached hydrogen (secondary N) is 2. The molecular weight excluding hydrogens is 468 g/mol. The van der Waals surface area contributed by atoms with Gasteiger partial charge in [0, 0.05) is 67.5 Å². The third-order valence-corrected chi connectivity index (χ3v) is 6.94. The molecule has 1 aliphatic heterocycles. The summed E-state index contributed by atoms with van der Waals surface area (Å²) in [6.07, 6.45) is 3.91. The molecule has 0 bridgehead atoms. The average molecular weight is 499 g/mol. The van der Waals surface area contributed by atoms with E-state index >= 15 is 0 Å². The van der Waals surface area contributed by atoms with Crippen LogP contribution in [0.2, 0.25) is 0 Å². The zero-order chi connectivity index (χ0) is 25.4. The van der Waals surface area contributed by atoms with Crippen molar-refractivity contribution in [3.8, 4) is 22.9 Å². The molecule has 0 radical (unpaired) electrons. The van der Waals surface area contributed by atoms with E-state index in [4.69, 9.17) is 19.2 Å². The fourth-order valence-electron chi connectivity index (χ4n) is 4.94. The molecule has 0 aliphatic carbocycles. The topological polar surface area (TPSA) is 89.5 Å². The number of nitrogens with zero attached hydrogens (tertiary/aromatic N) is 4. The minimum absolute atomic E-state index is 0.459. The van der Waals surface area contributed by atoms with Gasteiger partial charge in [0.05, 0.1) is 38.6 Å². The molecule has 190 valence electrons. The summed E-state index contributed by atoms with van der Waals surface area (Å²) >= 11 is 0. The molecule has 1 saturated heterocycles. The smallest absolute Gasteiger partial charge is 0.257 e. The minimum Gasteiger partial charge on any atom is -0.491 e. The van der Waals surface area contributed by atoms with Crippen LogP contribution in [0, 0.1) is 0 Å². The Morgan fingerprint density at radius 2 is 1.86 bits per heavy atom. The van der Waals surface area contributed by atoms with Gasteiger partial charge in [-0.25, -0.2) is 9.97 Å². The number of morpholine rings is 1. The van der Waals surface area contributed by atoms with Gasteiger partial charge in [0.1, 0.15) is 11.2 Å². The van der Waals surface area contributed by atoms with E-state index < -0.39 is 0 Å². The summed E-state index contributed by atoms with van der Waals surface area (Å²) in [5.41, 5.74) is 8.05. The van der Waals surface area contributed by atoms with Gasteiger partial charge in [-0.05, 0) is 42.0 Å². The number of aromatic nitrogens is 4. The van der Waals surface area contributed by atoms with Crippen molar-refractivity contribution < 1.29 is 14.2 Å². The molecule has 6 rings (SSSR count). The van der Waals surface area contributed by atoms with Gasteiger partial charge in [0.15, 0.2) is 5.75 Å². The second-order valence-electron chi connectivity index (χ2n) is 9.14. The van der Waals surface area contributed by atoms with Crippen LogP contribution in [-0.4, -0.2) is 60.0 Å². The standard InChI is InChI=1S/C28H30N6O3/c1-33-17-22(26-24(33)15-25(35-2)28(32-26)36-3)23-14-21-18(8-9-29-27(21)31-23)16-30-19-4-6-20(7-5-19)34-10-12-37-13-11-34/h4-9,14-15,17,30H,10-13,16H2,1-3H3,(H,29,31). The van der Waals surface area contributed by atoms with Crippen molar-refractivity contribution in [3.63, 3.8) is 0 Å². The summed E-state index contributed by atoms with van der Waals surface area (Å²) in [5, 5.41) is 4.64. The number of ether oxygens (including phenoxy) is 3. The van der Waals surface area contributed by atoms with Crippen molar-refractivity contribution >= 4 is 33.4 Å². The molecule has 1 aliphatic rings. The van der Waals surface area contributed by atoms with Gasteiger partial charge in [-0.1, -0.05) is 0 Å². The van der Waals surface area contributed by atoms with Crippen LogP contribution in [0.3, 0.4) is 0 Å². The van der Waals surface area contributed by atoms with E-state index in [1.165, 1.54) is 5.69 Å². The number of fused-ring (bicyclic) bond motifs is 2. The highest BCUT2D eigenvalue weighted by Gasteiger charge is 2.18. The first-order valence-electron chi connectivity index (χ1n) is 12.4. The first-order valence-corrected chi connectivity index (χ1v) is 12.4. The Labute approximate surface area is 215 Å². The second kappa shape index (κ2) is 9.67. The molecule has 0 saturated carbocycles. The number of aryl methyl sites for hydroxylation is 1. The van der Waals surface area contributed by atoms with Crippen molar-refractivity contribution in [2.24, 2.45) is 7.05 Å². The van der Waals surface area contributed by atoms with Crippen LogP contribution in [0.5, 0.6) is 11.6 Å².